The lowest BCUT2D eigenvalue weighted by molar-refractivity contribution is -0.140. The van der Waals surface area contributed by atoms with E-state index in [0.717, 1.165) is 31.3 Å². The topological polar surface area (TPSA) is 37.3 Å². The summed E-state index contributed by atoms with van der Waals surface area (Å²) in [5, 5.41) is 10.9. The molecule has 0 heterocycles. The van der Waals surface area contributed by atoms with Gasteiger partial charge in [0, 0.05) is 10.8 Å². The Balaban J connectivity index is 1.91. The largest absolute Gasteiger partial charge is 0.389 e. The van der Waals surface area contributed by atoms with E-state index in [-0.39, 0.29) is 22.0 Å². The number of aliphatic hydroxyl groups is 1. The molecule has 22 heavy (non-hydrogen) atoms. The van der Waals surface area contributed by atoms with E-state index in [9.17, 15) is 9.90 Å². The predicted octanol–water partition coefficient (Wildman–Crippen LogP) is 4.27. The van der Waals surface area contributed by atoms with E-state index >= 15 is 0 Å². The summed E-state index contributed by atoms with van der Waals surface area (Å²) in [6.45, 7) is 9.44. The Morgan fingerprint density at radius 2 is 1.82 bits per heavy atom. The average molecular weight is 302 g/mol. The molecule has 1 N–H and O–H groups in total. The van der Waals surface area contributed by atoms with E-state index in [1.165, 1.54) is 19.3 Å². The van der Waals surface area contributed by atoms with Gasteiger partial charge in [-0.05, 0) is 66.9 Å². The van der Waals surface area contributed by atoms with E-state index in [1.807, 2.05) is 6.08 Å². The lowest BCUT2D eigenvalue weighted by Gasteiger charge is -2.65. The van der Waals surface area contributed by atoms with Crippen molar-refractivity contribution >= 4 is 5.78 Å². The highest BCUT2D eigenvalue weighted by Crippen LogP contribution is 2.74. The maximum atomic E-state index is 12.6. The molecule has 3 fully saturated rings. The lowest BCUT2D eigenvalue weighted by Crippen LogP contribution is -2.59. The highest BCUT2D eigenvalue weighted by molar-refractivity contribution is 5.97. The van der Waals surface area contributed by atoms with Crippen LogP contribution in [-0.4, -0.2) is 17.0 Å². The van der Waals surface area contributed by atoms with Crippen LogP contribution < -0.4 is 0 Å². The molecule has 4 aliphatic rings. The second kappa shape index (κ2) is 4.06. The molecule has 2 nitrogen and oxygen atoms in total. The van der Waals surface area contributed by atoms with Gasteiger partial charge in [-0.25, -0.2) is 0 Å². The van der Waals surface area contributed by atoms with E-state index in [0.29, 0.717) is 11.3 Å². The van der Waals surface area contributed by atoms with Crippen LogP contribution >= 0.6 is 0 Å². The summed E-state index contributed by atoms with van der Waals surface area (Å²) in [6.07, 6.45) is 9.21. The van der Waals surface area contributed by atoms with E-state index in [4.69, 9.17) is 0 Å². The first-order chi connectivity index (χ1) is 10.1. The van der Waals surface area contributed by atoms with Crippen molar-refractivity contribution in [1.29, 1.82) is 0 Å². The number of hydrogen-bond donors (Lipinski definition) is 1. The van der Waals surface area contributed by atoms with Crippen LogP contribution in [0.15, 0.2) is 11.6 Å². The number of ketones is 1. The molecule has 1 spiro atoms. The first-order valence-electron chi connectivity index (χ1n) is 9.09. The molecular weight excluding hydrogens is 272 g/mol. The molecule has 3 saturated carbocycles. The van der Waals surface area contributed by atoms with Crippen LogP contribution in [-0.2, 0) is 4.79 Å². The van der Waals surface area contributed by atoms with Gasteiger partial charge >= 0.3 is 0 Å². The molecule has 4 rings (SSSR count). The molecule has 0 aromatic heterocycles. The molecule has 0 saturated heterocycles. The Bertz CT molecular complexity index is 574. The highest BCUT2D eigenvalue weighted by atomic mass is 16.3. The fourth-order valence-corrected chi connectivity index (χ4v) is 7.10. The molecule has 0 unspecified atom stereocenters. The van der Waals surface area contributed by atoms with Crippen LogP contribution in [0.3, 0.4) is 0 Å². The van der Waals surface area contributed by atoms with Crippen molar-refractivity contribution in [2.75, 3.05) is 0 Å². The molecule has 4 aliphatic carbocycles. The number of carbonyl (C=O) groups is 1. The van der Waals surface area contributed by atoms with E-state index in [1.54, 1.807) is 0 Å². The van der Waals surface area contributed by atoms with Crippen LogP contribution in [0, 0.1) is 27.6 Å². The predicted molar refractivity (Wildman–Crippen MR) is 87.3 cm³/mol. The molecular formula is C20H30O2. The molecule has 0 aliphatic heterocycles. The summed E-state index contributed by atoms with van der Waals surface area (Å²) in [5.41, 5.74) is 1.56. The number of aliphatic hydroxyl groups excluding tert-OH is 1. The molecule has 0 aromatic carbocycles. The van der Waals surface area contributed by atoms with Gasteiger partial charge in [-0.3, -0.25) is 4.79 Å². The van der Waals surface area contributed by atoms with Gasteiger partial charge in [-0.1, -0.05) is 34.1 Å². The van der Waals surface area contributed by atoms with Gasteiger partial charge in [0.25, 0.3) is 0 Å². The van der Waals surface area contributed by atoms with Gasteiger partial charge in [0.2, 0.25) is 0 Å². The minimum absolute atomic E-state index is 0.0791. The number of fused-ring (bicyclic) bond motifs is 2. The van der Waals surface area contributed by atoms with Crippen molar-refractivity contribution < 1.29 is 9.90 Å². The minimum Gasteiger partial charge on any atom is -0.389 e. The number of rotatable bonds is 0. The zero-order chi connectivity index (χ0) is 16.0. The summed E-state index contributed by atoms with van der Waals surface area (Å²) in [5.74, 6) is 0.836. The first-order valence-corrected chi connectivity index (χ1v) is 9.09. The Labute approximate surface area is 134 Å². The van der Waals surface area contributed by atoms with Crippen molar-refractivity contribution in [2.45, 2.75) is 78.7 Å². The van der Waals surface area contributed by atoms with Crippen LogP contribution in [0.25, 0.3) is 0 Å². The maximum Gasteiger partial charge on any atom is 0.161 e. The first kappa shape index (κ1) is 14.9. The average Bonchev–Trinajstić information content (AvgIpc) is 2.74. The Morgan fingerprint density at radius 1 is 1.09 bits per heavy atom. The summed E-state index contributed by atoms with van der Waals surface area (Å²) in [7, 11) is 0. The summed E-state index contributed by atoms with van der Waals surface area (Å²) < 4.78 is 0. The van der Waals surface area contributed by atoms with Crippen LogP contribution in [0.4, 0.5) is 0 Å². The van der Waals surface area contributed by atoms with E-state index < -0.39 is 6.10 Å². The normalized spacial score (nSPS) is 52.8. The molecule has 2 bridgehead atoms. The fourth-order valence-electron chi connectivity index (χ4n) is 7.10. The molecule has 0 amide bonds. The van der Waals surface area contributed by atoms with E-state index in [2.05, 4.69) is 27.7 Å². The number of allylic oxidation sites excluding steroid dienone is 1. The van der Waals surface area contributed by atoms with Crippen molar-refractivity contribution in [2.24, 2.45) is 27.6 Å². The Morgan fingerprint density at radius 3 is 2.55 bits per heavy atom. The summed E-state index contributed by atoms with van der Waals surface area (Å²) in [4.78, 5) is 12.6. The number of hydrogen-bond acceptors (Lipinski definition) is 2. The van der Waals surface area contributed by atoms with Gasteiger partial charge in [-0.15, -0.1) is 0 Å². The van der Waals surface area contributed by atoms with Crippen LogP contribution in [0.5, 0.6) is 0 Å². The van der Waals surface area contributed by atoms with Crippen LogP contribution in [0.1, 0.15) is 72.6 Å². The van der Waals surface area contributed by atoms with Gasteiger partial charge in [0.15, 0.2) is 5.78 Å². The van der Waals surface area contributed by atoms with Crippen molar-refractivity contribution in [3.63, 3.8) is 0 Å². The quantitative estimate of drug-likeness (QED) is 0.725. The third kappa shape index (κ3) is 1.53. The molecule has 122 valence electrons. The minimum atomic E-state index is -0.401. The zero-order valence-corrected chi connectivity index (χ0v) is 14.5. The van der Waals surface area contributed by atoms with Crippen molar-refractivity contribution in [3.05, 3.63) is 11.6 Å². The summed E-state index contributed by atoms with van der Waals surface area (Å²) >= 11 is 0. The highest BCUT2D eigenvalue weighted by Gasteiger charge is 2.68. The second-order valence-corrected chi connectivity index (χ2v) is 9.85. The Hall–Kier alpha value is -0.630. The standard InChI is InChI=1S/C20H30O2/c1-17(2)6-5-7-19(4)15(17)11-14(21)13-10-16(22)18(3)8-9-20(13,19)12-18/h10,14-15,21H,5-9,11-12H2,1-4H3/t14-,15+,18+,19+,20+/m1/s1. The molecule has 0 aromatic rings. The molecule has 2 heteroatoms. The third-order valence-corrected chi connectivity index (χ3v) is 8.37. The SMILES string of the molecule is CC1(C)CCC[C@@]2(C)[C@H]1C[C@@H](O)C1=CC(=O)[C@@]3(C)CC[C@]12C3. The lowest BCUT2D eigenvalue weighted by atomic mass is 9.40. The van der Waals surface area contributed by atoms with Gasteiger partial charge < -0.3 is 5.11 Å². The van der Waals surface area contributed by atoms with Gasteiger partial charge in [0.05, 0.1) is 6.10 Å². The van der Waals surface area contributed by atoms with Crippen molar-refractivity contribution in [1.82, 2.24) is 0 Å². The smallest absolute Gasteiger partial charge is 0.161 e. The van der Waals surface area contributed by atoms with Gasteiger partial charge in [0.1, 0.15) is 0 Å². The van der Waals surface area contributed by atoms with Gasteiger partial charge in [-0.2, -0.15) is 0 Å². The molecule has 0 radical (unpaired) electrons. The van der Waals surface area contributed by atoms with Crippen molar-refractivity contribution in [3.8, 4) is 0 Å². The zero-order valence-electron chi connectivity index (χ0n) is 14.5. The third-order valence-electron chi connectivity index (χ3n) is 8.37. The second-order valence-electron chi connectivity index (χ2n) is 9.85. The fraction of sp³-hybridized carbons (Fsp3) is 0.850. The number of carbonyl (C=O) groups excluding carboxylic acids is 1. The van der Waals surface area contributed by atoms with Crippen LogP contribution in [0.2, 0.25) is 0 Å². The maximum absolute atomic E-state index is 12.6. The molecule has 5 atom stereocenters. The monoisotopic (exact) mass is 302 g/mol. The Kier molecular flexibility index (Phi) is 2.76. The summed E-state index contributed by atoms with van der Waals surface area (Å²) in [6, 6.07) is 0.